The number of allylic oxidation sites excluding steroid dienone is 2. The van der Waals surface area contributed by atoms with Crippen molar-refractivity contribution in [3.63, 3.8) is 0 Å². The fourth-order valence-corrected chi connectivity index (χ4v) is 5.62. The molecule has 6 rings (SSSR count). The van der Waals surface area contributed by atoms with Crippen LogP contribution in [0.25, 0.3) is 0 Å². The molecule has 5 heteroatoms. The van der Waals surface area contributed by atoms with Crippen LogP contribution in [-0.4, -0.2) is 23.0 Å². The van der Waals surface area contributed by atoms with E-state index in [9.17, 15) is 4.79 Å². The molecule has 1 amide bonds. The Labute approximate surface area is 168 Å². The number of anilines is 2. The van der Waals surface area contributed by atoms with Gasteiger partial charge in [0, 0.05) is 22.1 Å². The smallest absolute Gasteiger partial charge is 0.278 e. The van der Waals surface area contributed by atoms with Crippen LogP contribution in [0.15, 0.2) is 76.7 Å². The van der Waals surface area contributed by atoms with Gasteiger partial charge in [-0.25, -0.2) is 4.99 Å². The van der Waals surface area contributed by atoms with Gasteiger partial charge in [0.05, 0.1) is 22.8 Å². The van der Waals surface area contributed by atoms with E-state index in [4.69, 9.17) is 4.99 Å². The van der Waals surface area contributed by atoms with Crippen molar-refractivity contribution < 1.29 is 4.79 Å². The SMILES string of the molecule is O=C1C(=Nc2ccc3c(c2)SCN3)c2ccccc2N1C12C=CC=CC1CC2. The van der Waals surface area contributed by atoms with Gasteiger partial charge in [-0.3, -0.25) is 9.69 Å². The van der Waals surface area contributed by atoms with Gasteiger partial charge >= 0.3 is 0 Å². The van der Waals surface area contributed by atoms with Crippen molar-refractivity contribution in [1.82, 2.24) is 0 Å². The molecule has 2 aliphatic heterocycles. The van der Waals surface area contributed by atoms with Crippen LogP contribution < -0.4 is 10.2 Å². The predicted octanol–water partition coefficient (Wildman–Crippen LogP) is 4.90. The second kappa shape index (κ2) is 5.85. The summed E-state index contributed by atoms with van der Waals surface area (Å²) in [6, 6.07) is 14.2. The molecule has 0 bridgehead atoms. The van der Waals surface area contributed by atoms with Crippen LogP contribution in [0.1, 0.15) is 18.4 Å². The van der Waals surface area contributed by atoms with Crippen LogP contribution in [0.4, 0.5) is 17.1 Å². The average molecular weight is 385 g/mol. The summed E-state index contributed by atoms with van der Waals surface area (Å²) in [5.74, 6) is 1.28. The molecule has 2 unspecified atom stereocenters. The lowest BCUT2D eigenvalue weighted by Gasteiger charge is -2.53. The normalized spacial score (nSPS) is 28.0. The van der Waals surface area contributed by atoms with Gasteiger partial charge in [0.2, 0.25) is 0 Å². The number of nitrogens with zero attached hydrogens (tertiary/aromatic N) is 2. The topological polar surface area (TPSA) is 44.7 Å². The summed E-state index contributed by atoms with van der Waals surface area (Å²) in [4.78, 5) is 21.6. The number of hydrogen-bond donors (Lipinski definition) is 1. The van der Waals surface area contributed by atoms with Crippen LogP contribution in [0.5, 0.6) is 0 Å². The van der Waals surface area contributed by atoms with Crippen molar-refractivity contribution in [3.8, 4) is 0 Å². The molecule has 0 radical (unpaired) electrons. The van der Waals surface area contributed by atoms with Gasteiger partial charge in [-0.1, -0.05) is 42.5 Å². The van der Waals surface area contributed by atoms with Crippen molar-refractivity contribution in [2.75, 3.05) is 16.1 Å². The Kier molecular flexibility index (Phi) is 3.38. The number of fused-ring (bicyclic) bond motifs is 3. The minimum atomic E-state index is -0.239. The molecule has 2 aromatic carbocycles. The van der Waals surface area contributed by atoms with Crippen LogP contribution in [0, 0.1) is 5.92 Å². The first-order chi connectivity index (χ1) is 13.8. The maximum Gasteiger partial charge on any atom is 0.278 e. The lowest BCUT2D eigenvalue weighted by Crippen LogP contribution is -2.60. The van der Waals surface area contributed by atoms with E-state index in [2.05, 4.69) is 41.8 Å². The molecule has 2 aromatic rings. The van der Waals surface area contributed by atoms with E-state index < -0.39 is 0 Å². The predicted molar refractivity (Wildman–Crippen MR) is 115 cm³/mol. The molecule has 28 heavy (non-hydrogen) atoms. The molecule has 2 atom stereocenters. The van der Waals surface area contributed by atoms with Crippen molar-refractivity contribution in [2.24, 2.45) is 10.9 Å². The number of aliphatic imine (C=N–C) groups is 1. The summed E-state index contributed by atoms with van der Waals surface area (Å²) in [7, 11) is 0. The van der Waals surface area contributed by atoms with Gasteiger partial charge in [0.25, 0.3) is 5.91 Å². The molecular weight excluding hydrogens is 366 g/mol. The van der Waals surface area contributed by atoms with Crippen molar-refractivity contribution >= 4 is 40.4 Å². The Balaban J connectivity index is 1.47. The van der Waals surface area contributed by atoms with E-state index in [1.807, 2.05) is 35.2 Å². The fourth-order valence-electron chi connectivity index (χ4n) is 4.74. The lowest BCUT2D eigenvalue weighted by molar-refractivity contribution is -0.114. The van der Waals surface area contributed by atoms with E-state index in [-0.39, 0.29) is 11.4 Å². The van der Waals surface area contributed by atoms with Gasteiger partial charge in [0.1, 0.15) is 5.71 Å². The van der Waals surface area contributed by atoms with E-state index in [1.165, 1.54) is 4.90 Å². The zero-order valence-corrected chi connectivity index (χ0v) is 16.1. The second-order valence-electron chi connectivity index (χ2n) is 7.64. The zero-order valence-electron chi connectivity index (χ0n) is 15.3. The quantitative estimate of drug-likeness (QED) is 0.799. The third kappa shape index (κ3) is 2.14. The standard InChI is InChI=1S/C23H19N3OS/c27-22-21(25-16-8-9-18-20(13-16)28-14-24-18)17-6-1-2-7-19(17)26(22)23-11-4-3-5-15(23)10-12-23/h1-9,11,13,15,24H,10,12,14H2. The Hall–Kier alpha value is -2.79. The second-order valence-corrected chi connectivity index (χ2v) is 8.66. The van der Waals surface area contributed by atoms with Gasteiger partial charge in [-0.05, 0) is 37.1 Å². The van der Waals surface area contributed by atoms with E-state index in [0.717, 1.165) is 41.3 Å². The minimum Gasteiger partial charge on any atom is -0.375 e. The highest BCUT2D eigenvalue weighted by molar-refractivity contribution is 7.99. The third-order valence-electron chi connectivity index (χ3n) is 6.26. The highest BCUT2D eigenvalue weighted by atomic mass is 32.2. The van der Waals surface area contributed by atoms with E-state index >= 15 is 0 Å². The Morgan fingerprint density at radius 1 is 1.18 bits per heavy atom. The van der Waals surface area contributed by atoms with Crippen LogP contribution in [0.3, 0.4) is 0 Å². The molecule has 0 saturated heterocycles. The number of carbonyl (C=O) groups is 1. The number of para-hydroxylation sites is 1. The number of hydrogen-bond acceptors (Lipinski definition) is 4. The van der Waals surface area contributed by atoms with Crippen LogP contribution >= 0.6 is 11.8 Å². The van der Waals surface area contributed by atoms with Gasteiger partial charge in [-0.2, -0.15) is 0 Å². The number of carbonyl (C=O) groups excluding carboxylic acids is 1. The molecule has 1 saturated carbocycles. The summed E-state index contributed by atoms with van der Waals surface area (Å²) in [6.07, 6.45) is 10.7. The Bertz CT molecular complexity index is 1100. The third-order valence-corrected chi connectivity index (χ3v) is 7.19. The minimum absolute atomic E-state index is 0.0112. The number of amides is 1. The fraction of sp³-hybridized carbons (Fsp3) is 0.217. The molecule has 2 heterocycles. The number of thioether (sulfide) groups is 1. The first-order valence-electron chi connectivity index (χ1n) is 9.66. The van der Waals surface area contributed by atoms with E-state index in [0.29, 0.717) is 11.6 Å². The summed E-state index contributed by atoms with van der Waals surface area (Å²) < 4.78 is 0. The molecule has 1 N–H and O–H groups in total. The van der Waals surface area contributed by atoms with Gasteiger partial charge < -0.3 is 5.32 Å². The first-order valence-corrected chi connectivity index (χ1v) is 10.6. The summed E-state index contributed by atoms with van der Waals surface area (Å²) in [6.45, 7) is 0. The lowest BCUT2D eigenvalue weighted by atomic mass is 9.63. The Morgan fingerprint density at radius 3 is 2.96 bits per heavy atom. The maximum atomic E-state index is 13.6. The molecule has 4 aliphatic rings. The molecular formula is C23H19N3OS. The van der Waals surface area contributed by atoms with Gasteiger partial charge in [0.15, 0.2) is 0 Å². The molecule has 0 spiro atoms. The summed E-state index contributed by atoms with van der Waals surface area (Å²) >= 11 is 1.77. The summed E-state index contributed by atoms with van der Waals surface area (Å²) in [5, 5.41) is 3.34. The number of benzene rings is 2. The molecule has 1 fully saturated rings. The van der Waals surface area contributed by atoms with Crippen molar-refractivity contribution in [1.29, 1.82) is 0 Å². The monoisotopic (exact) mass is 385 g/mol. The van der Waals surface area contributed by atoms with Gasteiger partial charge in [-0.15, -0.1) is 11.8 Å². The zero-order chi connectivity index (χ0) is 18.7. The molecule has 4 nitrogen and oxygen atoms in total. The summed E-state index contributed by atoms with van der Waals surface area (Å²) in [5.41, 5.74) is 4.20. The Morgan fingerprint density at radius 2 is 2.11 bits per heavy atom. The largest absolute Gasteiger partial charge is 0.375 e. The first kappa shape index (κ1) is 16.2. The van der Waals surface area contributed by atoms with E-state index in [1.54, 1.807) is 11.8 Å². The highest BCUT2D eigenvalue weighted by Crippen LogP contribution is 2.51. The molecule has 138 valence electrons. The highest BCUT2D eigenvalue weighted by Gasteiger charge is 2.54. The van der Waals surface area contributed by atoms with Crippen molar-refractivity contribution in [2.45, 2.75) is 23.3 Å². The van der Waals surface area contributed by atoms with Crippen LogP contribution in [0.2, 0.25) is 0 Å². The molecule has 2 aliphatic carbocycles. The van der Waals surface area contributed by atoms with Crippen LogP contribution in [-0.2, 0) is 4.79 Å². The van der Waals surface area contributed by atoms with Crippen molar-refractivity contribution in [3.05, 3.63) is 72.3 Å². The maximum absolute atomic E-state index is 13.6. The average Bonchev–Trinajstić information content (AvgIpc) is 3.27. The molecule has 0 aromatic heterocycles. The number of nitrogens with one attached hydrogen (secondary N) is 1. The number of rotatable bonds is 2.